The van der Waals surface area contributed by atoms with Gasteiger partial charge in [0.1, 0.15) is 0 Å². The van der Waals surface area contributed by atoms with Crippen molar-refractivity contribution in [2.45, 2.75) is 66.5 Å². The number of hydrogen-bond donors (Lipinski definition) is 4. The van der Waals surface area contributed by atoms with Gasteiger partial charge in [-0.1, -0.05) is 46.2 Å². The molecule has 0 aliphatic carbocycles. The number of carboxylic acid groups (broad SMARTS) is 2. The van der Waals surface area contributed by atoms with Crippen LogP contribution in [0.3, 0.4) is 0 Å². The van der Waals surface area contributed by atoms with Crippen molar-refractivity contribution in [2.75, 3.05) is 6.54 Å². The van der Waals surface area contributed by atoms with E-state index in [1.807, 2.05) is 6.07 Å². The quantitative estimate of drug-likeness (QED) is 0.424. The van der Waals surface area contributed by atoms with Crippen LogP contribution < -0.4 is 0 Å². The van der Waals surface area contributed by atoms with E-state index in [1.165, 1.54) is 31.4 Å². The predicted molar refractivity (Wildman–Crippen MR) is 133 cm³/mol. The number of phenolic OH excluding ortho intramolecular Hbond substituents is 2. The lowest BCUT2D eigenvalue weighted by Gasteiger charge is -2.33. The number of piperidine rings is 1. The van der Waals surface area contributed by atoms with E-state index in [0.717, 1.165) is 17.3 Å². The van der Waals surface area contributed by atoms with Gasteiger partial charge in [-0.25, -0.2) is 0 Å². The van der Waals surface area contributed by atoms with Crippen LogP contribution in [0.25, 0.3) is 10.8 Å². The summed E-state index contributed by atoms with van der Waals surface area (Å²) in [7, 11) is 0. The molecule has 0 spiro atoms. The zero-order chi connectivity index (χ0) is 24.4. The molecule has 2 aromatic carbocycles. The van der Waals surface area contributed by atoms with Gasteiger partial charge in [-0.3, -0.25) is 14.5 Å². The number of nitrogens with zero attached hydrogens (tertiary/aromatic N) is 1. The highest BCUT2D eigenvalue weighted by Gasteiger charge is 2.18. The van der Waals surface area contributed by atoms with Crippen LogP contribution in [-0.4, -0.2) is 49.9 Å². The average Bonchev–Trinajstić information content (AvgIpc) is 2.71. The summed E-state index contributed by atoms with van der Waals surface area (Å²) in [4.78, 5) is 21.9. The second kappa shape index (κ2) is 14.6. The Balaban J connectivity index is 0.000000660. The van der Waals surface area contributed by atoms with Crippen molar-refractivity contribution >= 4 is 35.1 Å². The molecule has 1 unspecified atom stereocenters. The summed E-state index contributed by atoms with van der Waals surface area (Å²) in [6, 6.07) is 10.1. The zero-order valence-corrected chi connectivity index (χ0v) is 20.9. The van der Waals surface area contributed by atoms with E-state index < -0.39 is 11.9 Å². The van der Waals surface area contributed by atoms with Gasteiger partial charge < -0.3 is 20.4 Å². The Bertz CT molecular complexity index is 882. The number of likely N-dealkylation sites (tertiary alicyclic amines) is 1. The number of aromatic hydroxyl groups is 2. The number of hydrogen-bond acceptors (Lipinski definition) is 5. The van der Waals surface area contributed by atoms with Gasteiger partial charge in [0.05, 0.1) is 11.8 Å². The highest BCUT2D eigenvalue weighted by Crippen LogP contribution is 2.31. The lowest BCUT2D eigenvalue weighted by molar-refractivity contribution is -0.141. The Kier molecular flexibility index (Phi) is 13.5. The van der Waals surface area contributed by atoms with E-state index >= 15 is 0 Å². The average molecular weight is 484 g/mol. The Morgan fingerprint density at radius 1 is 0.909 bits per heavy atom. The van der Waals surface area contributed by atoms with Gasteiger partial charge in [-0.05, 0) is 60.8 Å². The first-order chi connectivity index (χ1) is 14.9. The van der Waals surface area contributed by atoms with Gasteiger partial charge in [0, 0.05) is 12.6 Å². The number of fused-ring (bicyclic) bond motifs is 1. The number of benzene rings is 2. The lowest BCUT2D eigenvalue weighted by Crippen LogP contribution is -2.36. The van der Waals surface area contributed by atoms with Crippen LogP contribution in [0.2, 0.25) is 0 Å². The molecule has 1 aliphatic rings. The fourth-order valence-electron chi connectivity index (χ4n) is 3.05. The summed E-state index contributed by atoms with van der Waals surface area (Å²) in [6.45, 7) is 11.0. The summed E-state index contributed by atoms with van der Waals surface area (Å²) >= 11 is 0. The molecule has 2 aromatic rings. The maximum Gasteiger partial charge on any atom is 0.305 e. The molecular weight excluding hydrogens is 446 g/mol. The first-order valence-electron chi connectivity index (χ1n) is 11.1. The van der Waals surface area contributed by atoms with Crippen LogP contribution in [-0.2, 0) is 16.1 Å². The third-order valence-corrected chi connectivity index (χ3v) is 5.31. The third kappa shape index (κ3) is 10.8. The van der Waals surface area contributed by atoms with Crippen LogP contribution in [0, 0.1) is 11.8 Å². The van der Waals surface area contributed by atoms with E-state index in [9.17, 15) is 19.8 Å². The van der Waals surface area contributed by atoms with E-state index in [2.05, 4.69) is 24.0 Å². The highest BCUT2D eigenvalue weighted by atomic mass is 35.5. The Morgan fingerprint density at radius 2 is 1.39 bits per heavy atom. The molecule has 186 valence electrons. The molecule has 0 amide bonds. The Hall–Kier alpha value is -2.51. The van der Waals surface area contributed by atoms with Crippen LogP contribution >= 0.6 is 12.4 Å². The Labute approximate surface area is 202 Å². The molecular formula is C25H38ClNO6. The molecule has 1 atom stereocenters. The molecule has 1 aliphatic heterocycles. The number of rotatable bonds is 4. The molecule has 7 nitrogen and oxygen atoms in total. The summed E-state index contributed by atoms with van der Waals surface area (Å²) in [6.07, 6.45) is 3.90. The summed E-state index contributed by atoms with van der Waals surface area (Å²) in [5, 5.41) is 37.0. The predicted octanol–water partition coefficient (Wildman–Crippen LogP) is 5.50. The van der Waals surface area contributed by atoms with Gasteiger partial charge in [-0.2, -0.15) is 0 Å². The zero-order valence-electron chi connectivity index (χ0n) is 20.1. The van der Waals surface area contributed by atoms with Crippen molar-refractivity contribution in [1.29, 1.82) is 0 Å². The molecule has 1 heterocycles. The van der Waals surface area contributed by atoms with Gasteiger partial charge in [0.2, 0.25) is 0 Å². The van der Waals surface area contributed by atoms with Crippen LogP contribution in [0.4, 0.5) is 0 Å². The highest BCUT2D eigenvalue weighted by molar-refractivity contribution is 5.86. The first kappa shape index (κ1) is 30.5. The van der Waals surface area contributed by atoms with Crippen molar-refractivity contribution in [3.63, 3.8) is 0 Å². The van der Waals surface area contributed by atoms with Crippen molar-refractivity contribution in [2.24, 2.45) is 11.8 Å². The van der Waals surface area contributed by atoms with Gasteiger partial charge in [-0.15, -0.1) is 12.4 Å². The van der Waals surface area contributed by atoms with Gasteiger partial charge in [0.15, 0.2) is 11.5 Å². The van der Waals surface area contributed by atoms with E-state index in [4.69, 9.17) is 10.2 Å². The topological polar surface area (TPSA) is 118 Å². The lowest BCUT2D eigenvalue weighted by atomic mass is 10.0. The van der Waals surface area contributed by atoms with E-state index in [0.29, 0.717) is 6.04 Å². The standard InChI is InChI=1S/C17H21NO2.2C4H8O2.ClH/c1-12-4-2-3-7-18(12)11-13-5-6-14-9-16(19)17(20)10-15(14)8-13;2*1-3(2)4(5)6;/h5-6,8-10,12,19-20H,2-4,7,11H2,1H3;2*3H,1-2H3,(H,5,6);1H. The molecule has 0 bridgehead atoms. The molecule has 1 saturated heterocycles. The molecule has 4 N–H and O–H groups in total. The van der Waals surface area contributed by atoms with Crippen molar-refractivity contribution in [3.05, 3.63) is 35.9 Å². The summed E-state index contributed by atoms with van der Waals surface area (Å²) in [5.41, 5.74) is 1.26. The Morgan fingerprint density at radius 3 is 1.85 bits per heavy atom. The molecule has 0 radical (unpaired) electrons. The number of carboxylic acids is 2. The van der Waals surface area contributed by atoms with E-state index in [1.54, 1.807) is 39.8 Å². The van der Waals surface area contributed by atoms with Crippen LogP contribution in [0.1, 0.15) is 59.4 Å². The first-order valence-corrected chi connectivity index (χ1v) is 11.1. The van der Waals surface area contributed by atoms with E-state index in [-0.39, 0.29) is 35.7 Å². The number of phenols is 2. The molecule has 3 rings (SSSR count). The number of carbonyl (C=O) groups is 2. The third-order valence-electron chi connectivity index (χ3n) is 5.31. The fraction of sp³-hybridized carbons (Fsp3) is 0.520. The summed E-state index contributed by atoms with van der Waals surface area (Å²) in [5.74, 6) is -2.06. The maximum absolute atomic E-state index is 9.70. The normalized spacial score (nSPS) is 15.7. The minimum atomic E-state index is -0.741. The molecule has 0 aromatic heterocycles. The van der Waals surface area contributed by atoms with Crippen LogP contribution in [0.5, 0.6) is 11.5 Å². The monoisotopic (exact) mass is 483 g/mol. The molecule has 1 fully saturated rings. The maximum atomic E-state index is 9.70. The fourth-order valence-corrected chi connectivity index (χ4v) is 3.05. The SMILES string of the molecule is CC(C)C(=O)O.CC(C)C(=O)O.CC1CCCCN1Cc1ccc2cc(O)c(O)cc2c1.Cl. The van der Waals surface area contributed by atoms with Crippen molar-refractivity contribution in [1.82, 2.24) is 4.90 Å². The number of aliphatic carboxylic acids is 2. The molecule has 0 saturated carbocycles. The molecule has 33 heavy (non-hydrogen) atoms. The minimum Gasteiger partial charge on any atom is -0.504 e. The van der Waals surface area contributed by atoms with Crippen LogP contribution in [0.15, 0.2) is 30.3 Å². The van der Waals surface area contributed by atoms with Gasteiger partial charge in [0.25, 0.3) is 0 Å². The summed E-state index contributed by atoms with van der Waals surface area (Å²) < 4.78 is 0. The van der Waals surface area contributed by atoms with Crippen molar-refractivity contribution in [3.8, 4) is 11.5 Å². The van der Waals surface area contributed by atoms with Gasteiger partial charge >= 0.3 is 11.9 Å². The number of halogens is 1. The molecule has 8 heteroatoms. The minimum absolute atomic E-state index is 0. The smallest absolute Gasteiger partial charge is 0.305 e. The second-order valence-corrected chi connectivity index (χ2v) is 8.82. The largest absolute Gasteiger partial charge is 0.504 e. The van der Waals surface area contributed by atoms with Crippen molar-refractivity contribution < 1.29 is 30.0 Å². The second-order valence-electron chi connectivity index (χ2n) is 8.82.